The third-order valence-corrected chi connectivity index (χ3v) is 15.2. The predicted molar refractivity (Wildman–Crippen MR) is 303 cm³/mol. The fourth-order valence-electron chi connectivity index (χ4n) is 8.52. The SMILES string of the molecule is CCCCCCCCCCCC(=O)OC[C@H](COP(=O)(O)OC[C@@H](O)COP(=O)(O)OC[C@@H](COC(=O)CCCCCCCCCC)OC(=O)CCCCCCCCCCC)OC(=O)CCCCCCCCCCC(C)C. The lowest BCUT2D eigenvalue weighted by atomic mass is 10.0. The number of esters is 4. The molecule has 0 saturated heterocycles. The second-order valence-corrected chi connectivity index (χ2v) is 24.4. The minimum Gasteiger partial charge on any atom is -0.462 e. The van der Waals surface area contributed by atoms with E-state index in [4.69, 9.17) is 37.0 Å². The van der Waals surface area contributed by atoms with Gasteiger partial charge in [0.05, 0.1) is 26.4 Å². The molecular formula is C58H112O17P2. The molecular weight excluding hydrogens is 1030 g/mol. The molecule has 17 nitrogen and oxygen atoms in total. The second kappa shape index (κ2) is 52.2. The van der Waals surface area contributed by atoms with Crippen LogP contribution in [-0.4, -0.2) is 96.7 Å². The Kier molecular flexibility index (Phi) is 50.8. The summed E-state index contributed by atoms with van der Waals surface area (Å²) in [6.07, 6.45) is 33.5. The number of phosphoric ester groups is 2. The number of aliphatic hydroxyl groups is 1. The van der Waals surface area contributed by atoms with E-state index in [2.05, 4.69) is 34.6 Å². The second-order valence-electron chi connectivity index (χ2n) is 21.5. The summed E-state index contributed by atoms with van der Waals surface area (Å²) in [6.45, 7) is 7.05. The molecule has 0 aromatic carbocycles. The first kappa shape index (κ1) is 75.1. The normalized spacial score (nSPS) is 14.4. The van der Waals surface area contributed by atoms with Gasteiger partial charge in [0.25, 0.3) is 0 Å². The standard InChI is InChI=1S/C58H112O17P2/c1-6-9-12-15-18-21-27-32-37-42-56(61)69-48-54(75-58(63)44-39-34-29-24-23-25-30-35-40-51(4)5)50-73-77(66,67)71-46-52(59)45-70-76(64,65)72-49-53(47-68-55(60)41-36-31-26-20-17-14-11-8-3)74-57(62)43-38-33-28-22-19-16-13-10-7-2/h51-54,59H,6-50H2,1-5H3,(H,64,65)(H,66,67)/t52-,53+,54+/m0/s1. The van der Waals surface area contributed by atoms with E-state index in [9.17, 15) is 43.2 Å². The zero-order valence-corrected chi connectivity index (χ0v) is 50.9. The highest BCUT2D eigenvalue weighted by Gasteiger charge is 2.30. The first-order chi connectivity index (χ1) is 37.0. The summed E-state index contributed by atoms with van der Waals surface area (Å²) in [5.41, 5.74) is 0. The number of hydrogen-bond acceptors (Lipinski definition) is 15. The number of carbonyl (C=O) groups excluding carboxylic acids is 4. The van der Waals surface area contributed by atoms with Gasteiger partial charge < -0.3 is 33.8 Å². The molecule has 0 aromatic heterocycles. The monoisotopic (exact) mass is 1140 g/mol. The molecule has 5 atom stereocenters. The molecule has 456 valence electrons. The van der Waals surface area contributed by atoms with Crippen LogP contribution < -0.4 is 0 Å². The molecule has 0 spiro atoms. The Morgan fingerprint density at radius 2 is 0.597 bits per heavy atom. The lowest BCUT2D eigenvalue weighted by molar-refractivity contribution is -0.161. The van der Waals surface area contributed by atoms with Crippen LogP contribution in [0.25, 0.3) is 0 Å². The Morgan fingerprint density at radius 1 is 0.351 bits per heavy atom. The van der Waals surface area contributed by atoms with Gasteiger partial charge >= 0.3 is 39.5 Å². The maximum absolute atomic E-state index is 12.9. The van der Waals surface area contributed by atoms with Crippen molar-refractivity contribution in [1.82, 2.24) is 0 Å². The van der Waals surface area contributed by atoms with Gasteiger partial charge in [0.15, 0.2) is 12.2 Å². The molecule has 0 heterocycles. The van der Waals surface area contributed by atoms with Crippen LogP contribution in [-0.2, 0) is 65.4 Å². The zero-order chi connectivity index (χ0) is 57.1. The largest absolute Gasteiger partial charge is 0.472 e. The van der Waals surface area contributed by atoms with Gasteiger partial charge in [-0.15, -0.1) is 0 Å². The van der Waals surface area contributed by atoms with Gasteiger partial charge in [-0.3, -0.25) is 37.3 Å². The van der Waals surface area contributed by atoms with Gasteiger partial charge in [0.2, 0.25) is 0 Å². The van der Waals surface area contributed by atoms with Gasteiger partial charge in [-0.25, -0.2) is 9.13 Å². The van der Waals surface area contributed by atoms with Crippen molar-refractivity contribution in [2.75, 3.05) is 39.6 Å². The number of unbranched alkanes of at least 4 members (excludes halogenated alkanes) is 30. The molecule has 77 heavy (non-hydrogen) atoms. The molecule has 0 aliphatic heterocycles. The summed E-state index contributed by atoms with van der Waals surface area (Å²) < 4.78 is 67.6. The maximum atomic E-state index is 12.9. The van der Waals surface area contributed by atoms with E-state index in [-0.39, 0.29) is 25.7 Å². The Labute approximate surface area is 467 Å². The molecule has 2 unspecified atom stereocenters. The van der Waals surface area contributed by atoms with Crippen molar-refractivity contribution < 1.29 is 80.2 Å². The lowest BCUT2D eigenvalue weighted by Gasteiger charge is -2.21. The molecule has 0 amide bonds. The van der Waals surface area contributed by atoms with Crippen LogP contribution in [0.5, 0.6) is 0 Å². The summed E-state index contributed by atoms with van der Waals surface area (Å²) in [6, 6.07) is 0. The van der Waals surface area contributed by atoms with E-state index in [1.54, 1.807) is 0 Å². The number of phosphoric acid groups is 2. The van der Waals surface area contributed by atoms with Crippen molar-refractivity contribution in [2.45, 2.75) is 303 Å². The van der Waals surface area contributed by atoms with Gasteiger partial charge in [0, 0.05) is 25.7 Å². The van der Waals surface area contributed by atoms with Gasteiger partial charge in [-0.05, 0) is 31.6 Å². The molecule has 0 aromatic rings. The van der Waals surface area contributed by atoms with Gasteiger partial charge in [0.1, 0.15) is 19.3 Å². The maximum Gasteiger partial charge on any atom is 0.472 e. The summed E-state index contributed by atoms with van der Waals surface area (Å²) in [7, 11) is -9.87. The summed E-state index contributed by atoms with van der Waals surface area (Å²) in [4.78, 5) is 71.7. The average molecular weight is 1140 g/mol. The minimum atomic E-state index is -4.93. The van der Waals surface area contributed by atoms with Crippen LogP contribution in [0.3, 0.4) is 0 Å². The third kappa shape index (κ3) is 53.2. The fourth-order valence-corrected chi connectivity index (χ4v) is 10.1. The number of rotatable bonds is 58. The first-order valence-electron chi connectivity index (χ1n) is 30.6. The van der Waals surface area contributed by atoms with Crippen LogP contribution in [0.1, 0.15) is 285 Å². The Hall–Kier alpha value is -1.94. The zero-order valence-electron chi connectivity index (χ0n) is 49.1. The Morgan fingerprint density at radius 3 is 0.883 bits per heavy atom. The lowest BCUT2D eigenvalue weighted by Crippen LogP contribution is -2.30. The molecule has 19 heteroatoms. The molecule has 0 rings (SSSR count). The highest BCUT2D eigenvalue weighted by molar-refractivity contribution is 7.47. The van der Waals surface area contributed by atoms with Gasteiger partial charge in [-0.2, -0.15) is 0 Å². The van der Waals surface area contributed by atoms with E-state index in [0.29, 0.717) is 25.7 Å². The quantitative estimate of drug-likeness (QED) is 0.0222. The van der Waals surface area contributed by atoms with E-state index >= 15 is 0 Å². The molecule has 0 bridgehead atoms. The van der Waals surface area contributed by atoms with Crippen molar-refractivity contribution in [2.24, 2.45) is 5.92 Å². The summed E-state index contributed by atoms with van der Waals surface area (Å²) >= 11 is 0. The number of carbonyl (C=O) groups is 4. The molecule has 3 N–H and O–H groups in total. The summed E-state index contributed by atoms with van der Waals surface area (Å²) in [5, 5.41) is 10.5. The van der Waals surface area contributed by atoms with Crippen molar-refractivity contribution >= 4 is 39.5 Å². The highest BCUT2D eigenvalue weighted by atomic mass is 31.2. The van der Waals surface area contributed by atoms with E-state index < -0.39 is 97.5 Å². The topological polar surface area (TPSA) is 237 Å². The van der Waals surface area contributed by atoms with Crippen LogP contribution in [0, 0.1) is 5.92 Å². The van der Waals surface area contributed by atoms with Crippen molar-refractivity contribution in [1.29, 1.82) is 0 Å². The molecule has 0 aliphatic rings. The number of ether oxygens (including phenoxy) is 4. The van der Waals surface area contributed by atoms with E-state index in [1.807, 2.05) is 0 Å². The van der Waals surface area contributed by atoms with Crippen LogP contribution in [0.15, 0.2) is 0 Å². The smallest absolute Gasteiger partial charge is 0.462 e. The van der Waals surface area contributed by atoms with Crippen LogP contribution in [0.2, 0.25) is 0 Å². The third-order valence-electron chi connectivity index (χ3n) is 13.3. The molecule has 0 radical (unpaired) electrons. The highest BCUT2D eigenvalue weighted by Crippen LogP contribution is 2.45. The van der Waals surface area contributed by atoms with Crippen molar-refractivity contribution in [3.05, 3.63) is 0 Å². The van der Waals surface area contributed by atoms with Gasteiger partial charge in [-0.1, -0.05) is 234 Å². The van der Waals surface area contributed by atoms with Crippen LogP contribution >= 0.6 is 15.6 Å². The minimum absolute atomic E-state index is 0.104. The molecule has 0 aliphatic carbocycles. The predicted octanol–water partition coefficient (Wildman–Crippen LogP) is 15.5. The Bertz CT molecular complexity index is 1520. The average Bonchev–Trinajstić information content (AvgIpc) is 3.39. The Balaban J connectivity index is 5.22. The summed E-state index contributed by atoms with van der Waals surface area (Å²) in [5.74, 6) is -1.43. The molecule has 0 saturated carbocycles. The van der Waals surface area contributed by atoms with E-state index in [1.165, 1.54) is 103 Å². The molecule has 0 fully saturated rings. The van der Waals surface area contributed by atoms with Crippen LogP contribution in [0.4, 0.5) is 0 Å². The number of hydrogen-bond donors (Lipinski definition) is 3. The first-order valence-corrected chi connectivity index (χ1v) is 33.6. The van der Waals surface area contributed by atoms with Crippen molar-refractivity contribution in [3.8, 4) is 0 Å². The van der Waals surface area contributed by atoms with Crippen molar-refractivity contribution in [3.63, 3.8) is 0 Å². The van der Waals surface area contributed by atoms with E-state index in [0.717, 1.165) is 102 Å². The fraction of sp³-hybridized carbons (Fsp3) is 0.931. The number of aliphatic hydroxyl groups excluding tert-OH is 1.